The first kappa shape index (κ1) is 15.1. The van der Waals surface area contributed by atoms with Crippen molar-refractivity contribution in [2.75, 3.05) is 7.11 Å². The number of nitrogens with zero attached hydrogens (tertiary/aromatic N) is 2. The van der Waals surface area contributed by atoms with E-state index in [4.69, 9.17) is 15.7 Å². The van der Waals surface area contributed by atoms with Gasteiger partial charge in [-0.2, -0.15) is 0 Å². The third-order valence-corrected chi connectivity index (χ3v) is 3.95. The number of ether oxygens (including phenoxy) is 1. The molecule has 1 heterocycles. The van der Waals surface area contributed by atoms with Gasteiger partial charge in [0, 0.05) is 18.8 Å². The van der Waals surface area contributed by atoms with Crippen LogP contribution in [-0.2, 0) is 11.3 Å². The number of methoxy groups -OCH3 is 1. The van der Waals surface area contributed by atoms with Gasteiger partial charge in [-0.05, 0) is 24.5 Å². The van der Waals surface area contributed by atoms with Gasteiger partial charge >= 0.3 is 0 Å². The van der Waals surface area contributed by atoms with Gasteiger partial charge in [-0.3, -0.25) is 4.79 Å². The predicted octanol–water partition coefficient (Wildman–Crippen LogP) is 1.01. The van der Waals surface area contributed by atoms with Crippen molar-refractivity contribution in [2.45, 2.75) is 32.2 Å². The van der Waals surface area contributed by atoms with Gasteiger partial charge in [-0.1, -0.05) is 18.0 Å². The average Bonchev–Trinajstić information content (AvgIpc) is 3.03. The molecular weight excluding hydrogens is 272 g/mol. The summed E-state index contributed by atoms with van der Waals surface area (Å²) in [6.45, 7) is 0.345. The van der Waals surface area contributed by atoms with Crippen molar-refractivity contribution in [1.82, 2.24) is 10.3 Å². The summed E-state index contributed by atoms with van der Waals surface area (Å²) in [5, 5.41) is 14.8. The average molecular weight is 292 g/mol. The molecule has 1 saturated carbocycles. The third-order valence-electron chi connectivity index (χ3n) is 3.95. The largest absolute Gasteiger partial charge is 0.481 e. The summed E-state index contributed by atoms with van der Waals surface area (Å²) in [7, 11) is 1.54. The van der Waals surface area contributed by atoms with E-state index in [9.17, 15) is 4.79 Å². The van der Waals surface area contributed by atoms with Gasteiger partial charge in [0.15, 0.2) is 5.84 Å². The number of amidine groups is 1. The predicted molar refractivity (Wildman–Crippen MR) is 76.9 cm³/mol. The molecule has 2 rings (SSSR count). The minimum Gasteiger partial charge on any atom is -0.481 e. The van der Waals surface area contributed by atoms with Crippen LogP contribution < -0.4 is 15.8 Å². The highest BCUT2D eigenvalue weighted by Gasteiger charge is 2.45. The number of carbonyl (C=O) groups is 1. The standard InChI is InChI=1S/C14H20N4O3/c1-21-11-8-10(4-7-16-11)9-17-13(19)14(12(15)18-20)5-2-3-6-14/h4,7-8,20H,2-3,5-6,9H2,1H3,(H2,15,18)(H,17,19). The summed E-state index contributed by atoms with van der Waals surface area (Å²) in [6, 6.07) is 3.55. The van der Waals surface area contributed by atoms with E-state index in [2.05, 4.69) is 15.5 Å². The highest BCUT2D eigenvalue weighted by atomic mass is 16.5. The quantitative estimate of drug-likeness (QED) is 0.325. The smallest absolute Gasteiger partial charge is 0.234 e. The zero-order chi connectivity index (χ0) is 15.3. The van der Waals surface area contributed by atoms with Crippen molar-refractivity contribution in [3.63, 3.8) is 0 Å². The lowest BCUT2D eigenvalue weighted by atomic mass is 9.83. The maximum Gasteiger partial charge on any atom is 0.234 e. The number of amides is 1. The molecule has 1 aromatic heterocycles. The number of nitrogens with one attached hydrogen (secondary N) is 1. The Morgan fingerprint density at radius 1 is 1.57 bits per heavy atom. The van der Waals surface area contributed by atoms with E-state index in [1.54, 1.807) is 18.3 Å². The SMILES string of the molecule is COc1cc(CNC(=O)C2(C(N)=NO)CCCC2)ccn1. The summed E-state index contributed by atoms with van der Waals surface area (Å²) < 4.78 is 5.04. The Labute approximate surface area is 123 Å². The fourth-order valence-corrected chi connectivity index (χ4v) is 2.70. The zero-order valence-electron chi connectivity index (χ0n) is 12.0. The van der Waals surface area contributed by atoms with Gasteiger partial charge in [-0.15, -0.1) is 0 Å². The Hall–Kier alpha value is -2.31. The summed E-state index contributed by atoms with van der Waals surface area (Å²) in [6.07, 6.45) is 4.62. The Morgan fingerprint density at radius 2 is 2.29 bits per heavy atom. The van der Waals surface area contributed by atoms with Crippen LogP contribution in [0.4, 0.5) is 0 Å². The lowest BCUT2D eigenvalue weighted by molar-refractivity contribution is -0.127. The first-order valence-corrected chi connectivity index (χ1v) is 6.87. The number of rotatable bonds is 5. The number of pyridine rings is 1. The molecule has 114 valence electrons. The van der Waals surface area contributed by atoms with Gasteiger partial charge in [0.05, 0.1) is 7.11 Å². The molecule has 1 amide bonds. The van der Waals surface area contributed by atoms with Crippen LogP contribution in [0.15, 0.2) is 23.5 Å². The zero-order valence-corrected chi connectivity index (χ0v) is 12.0. The fourth-order valence-electron chi connectivity index (χ4n) is 2.70. The van der Waals surface area contributed by atoms with Crippen LogP contribution in [0.5, 0.6) is 5.88 Å². The molecule has 7 heteroatoms. The van der Waals surface area contributed by atoms with Crippen molar-refractivity contribution in [3.8, 4) is 5.88 Å². The molecule has 1 aliphatic rings. The lowest BCUT2D eigenvalue weighted by Gasteiger charge is -2.26. The molecule has 0 radical (unpaired) electrons. The van der Waals surface area contributed by atoms with E-state index in [1.165, 1.54) is 7.11 Å². The molecule has 1 aliphatic carbocycles. The minimum absolute atomic E-state index is 0.00944. The second-order valence-corrected chi connectivity index (χ2v) is 5.16. The number of nitrogens with two attached hydrogens (primary N) is 1. The van der Waals surface area contributed by atoms with E-state index >= 15 is 0 Å². The van der Waals surface area contributed by atoms with E-state index in [1.807, 2.05) is 0 Å². The first-order chi connectivity index (χ1) is 10.1. The molecule has 0 aliphatic heterocycles. The Bertz CT molecular complexity index is 539. The van der Waals surface area contributed by atoms with Crippen molar-refractivity contribution in [3.05, 3.63) is 23.9 Å². The molecule has 7 nitrogen and oxygen atoms in total. The Balaban J connectivity index is 2.06. The molecule has 1 fully saturated rings. The molecule has 4 N–H and O–H groups in total. The van der Waals surface area contributed by atoms with Gasteiger partial charge in [0.25, 0.3) is 0 Å². The van der Waals surface area contributed by atoms with Crippen molar-refractivity contribution < 1.29 is 14.7 Å². The number of hydrogen-bond donors (Lipinski definition) is 3. The Kier molecular flexibility index (Phi) is 4.62. The second kappa shape index (κ2) is 6.43. The van der Waals surface area contributed by atoms with Crippen molar-refractivity contribution in [1.29, 1.82) is 0 Å². The highest BCUT2D eigenvalue weighted by molar-refractivity contribution is 6.07. The van der Waals surface area contributed by atoms with Crippen LogP contribution >= 0.6 is 0 Å². The van der Waals surface area contributed by atoms with E-state index in [0.717, 1.165) is 18.4 Å². The molecule has 0 saturated heterocycles. The number of oxime groups is 1. The summed E-state index contributed by atoms with van der Waals surface area (Å²) in [5.41, 5.74) is 5.73. The molecule has 0 unspecified atom stereocenters. The van der Waals surface area contributed by atoms with Crippen molar-refractivity contribution >= 4 is 11.7 Å². The van der Waals surface area contributed by atoms with Crippen molar-refractivity contribution in [2.24, 2.45) is 16.3 Å². The van der Waals surface area contributed by atoms with Crippen LogP contribution in [0.1, 0.15) is 31.2 Å². The lowest BCUT2D eigenvalue weighted by Crippen LogP contribution is -2.48. The second-order valence-electron chi connectivity index (χ2n) is 5.16. The summed E-state index contributed by atoms with van der Waals surface area (Å²) in [4.78, 5) is 16.5. The molecule has 0 spiro atoms. The topological polar surface area (TPSA) is 110 Å². The monoisotopic (exact) mass is 292 g/mol. The minimum atomic E-state index is -0.883. The van der Waals surface area contributed by atoms with Gasteiger partial charge in [-0.25, -0.2) is 4.98 Å². The highest BCUT2D eigenvalue weighted by Crippen LogP contribution is 2.38. The van der Waals surface area contributed by atoms with Gasteiger partial charge in [0.1, 0.15) is 5.41 Å². The summed E-state index contributed by atoms with van der Waals surface area (Å²) in [5.74, 6) is 0.282. The molecule has 0 atom stereocenters. The summed E-state index contributed by atoms with van der Waals surface area (Å²) >= 11 is 0. The molecular formula is C14H20N4O3. The Morgan fingerprint density at radius 3 is 2.90 bits per heavy atom. The van der Waals surface area contributed by atoms with Gasteiger partial charge < -0.3 is 21.0 Å². The normalized spacial score (nSPS) is 17.5. The van der Waals surface area contributed by atoms with Crippen LogP contribution in [0.25, 0.3) is 0 Å². The molecule has 0 bridgehead atoms. The van der Waals surface area contributed by atoms with Crippen LogP contribution in [-0.4, -0.2) is 29.0 Å². The fraction of sp³-hybridized carbons (Fsp3) is 0.500. The number of aromatic nitrogens is 1. The van der Waals surface area contributed by atoms with E-state index < -0.39 is 5.41 Å². The maximum atomic E-state index is 12.5. The van der Waals surface area contributed by atoms with Gasteiger partial charge in [0.2, 0.25) is 11.8 Å². The molecule has 21 heavy (non-hydrogen) atoms. The number of carbonyl (C=O) groups excluding carboxylic acids is 1. The number of hydrogen-bond acceptors (Lipinski definition) is 5. The van der Waals surface area contributed by atoms with Crippen LogP contribution in [0.2, 0.25) is 0 Å². The van der Waals surface area contributed by atoms with Crippen LogP contribution in [0, 0.1) is 5.41 Å². The van der Waals surface area contributed by atoms with Crippen LogP contribution in [0.3, 0.4) is 0 Å². The maximum absolute atomic E-state index is 12.5. The molecule has 0 aromatic carbocycles. The van der Waals surface area contributed by atoms with E-state index in [-0.39, 0.29) is 11.7 Å². The van der Waals surface area contributed by atoms with E-state index in [0.29, 0.717) is 25.3 Å². The molecule has 1 aromatic rings. The third kappa shape index (κ3) is 3.07. The first-order valence-electron chi connectivity index (χ1n) is 6.87.